The average Bonchev–Trinajstić information content (AvgIpc) is 2.84. The van der Waals surface area contributed by atoms with Gasteiger partial charge in [-0.3, -0.25) is 14.5 Å². The number of ketones is 1. The van der Waals surface area contributed by atoms with E-state index in [0.29, 0.717) is 19.7 Å². The lowest BCUT2D eigenvalue weighted by atomic mass is 9.92. The first-order valence-corrected chi connectivity index (χ1v) is 9.00. The van der Waals surface area contributed by atoms with Crippen molar-refractivity contribution < 1.29 is 14.3 Å². The number of Topliss-reactive ketones (excluding diaryl/α,β-unsaturated/α-hetero) is 1. The van der Waals surface area contributed by atoms with Gasteiger partial charge in [-0.05, 0) is 46.6 Å². The van der Waals surface area contributed by atoms with Gasteiger partial charge in [0.05, 0.1) is 25.1 Å². The lowest BCUT2D eigenvalue weighted by Crippen LogP contribution is -2.47. The van der Waals surface area contributed by atoms with Gasteiger partial charge in [0.1, 0.15) is 0 Å². The molecule has 1 fully saturated rings. The molecule has 1 aromatic heterocycles. The summed E-state index contributed by atoms with van der Waals surface area (Å²) in [5.74, 6) is -0.324. The Kier molecular flexibility index (Phi) is 6.41. The van der Waals surface area contributed by atoms with Crippen molar-refractivity contribution in [2.75, 3.05) is 26.8 Å². The van der Waals surface area contributed by atoms with Crippen LogP contribution in [-0.2, 0) is 9.53 Å². The molecule has 2 N–H and O–H groups in total. The summed E-state index contributed by atoms with van der Waals surface area (Å²) in [5.41, 5.74) is 8.26. The first-order valence-electron chi connectivity index (χ1n) is 9.00. The highest BCUT2D eigenvalue weighted by Gasteiger charge is 2.30. The summed E-state index contributed by atoms with van der Waals surface area (Å²) in [7, 11) is 1.68. The van der Waals surface area contributed by atoms with Crippen LogP contribution in [0.15, 0.2) is 6.07 Å². The maximum Gasteiger partial charge on any atom is 0.221 e. The van der Waals surface area contributed by atoms with Gasteiger partial charge in [0, 0.05) is 36.6 Å². The number of hydrogen-bond donors (Lipinski definition) is 1. The quantitative estimate of drug-likeness (QED) is 0.765. The SMILES string of the molecule is COCC(C)n1c(C)cc(C(=O)CN2CC(C(N)=O)CCC2C)c1C. The molecule has 3 atom stereocenters. The van der Waals surface area contributed by atoms with Crippen molar-refractivity contribution in [3.63, 3.8) is 0 Å². The topological polar surface area (TPSA) is 77.6 Å². The molecule has 3 unspecified atom stereocenters. The fourth-order valence-corrected chi connectivity index (χ4v) is 3.95. The second kappa shape index (κ2) is 8.15. The summed E-state index contributed by atoms with van der Waals surface area (Å²) in [5, 5.41) is 0. The van der Waals surface area contributed by atoms with Crippen LogP contribution < -0.4 is 5.73 Å². The maximum absolute atomic E-state index is 12.9. The Balaban J connectivity index is 2.15. The largest absolute Gasteiger partial charge is 0.383 e. The van der Waals surface area contributed by atoms with Gasteiger partial charge in [-0.15, -0.1) is 0 Å². The van der Waals surface area contributed by atoms with E-state index in [4.69, 9.17) is 10.5 Å². The van der Waals surface area contributed by atoms with Crippen molar-refractivity contribution in [1.29, 1.82) is 0 Å². The number of methoxy groups -OCH3 is 1. The number of amides is 1. The van der Waals surface area contributed by atoms with Gasteiger partial charge >= 0.3 is 0 Å². The number of carbonyl (C=O) groups is 2. The van der Waals surface area contributed by atoms with Crippen LogP contribution in [0.4, 0.5) is 0 Å². The van der Waals surface area contributed by atoms with Crippen LogP contribution in [0.3, 0.4) is 0 Å². The standard InChI is InChI=1S/C19H31N3O3/c1-12-6-7-16(19(20)24)9-21(12)10-18(23)17-8-13(2)22(15(17)4)14(3)11-25-5/h8,12,14,16H,6-7,9-11H2,1-5H3,(H2,20,24). The highest BCUT2D eigenvalue weighted by molar-refractivity contribution is 5.99. The average molecular weight is 349 g/mol. The van der Waals surface area contributed by atoms with E-state index in [1.807, 2.05) is 19.9 Å². The number of likely N-dealkylation sites (tertiary alicyclic amines) is 1. The Morgan fingerprint density at radius 3 is 2.64 bits per heavy atom. The van der Waals surface area contributed by atoms with Crippen LogP contribution in [-0.4, -0.2) is 54.0 Å². The Morgan fingerprint density at radius 1 is 1.36 bits per heavy atom. The van der Waals surface area contributed by atoms with Crippen LogP contribution in [0.1, 0.15) is 54.5 Å². The van der Waals surface area contributed by atoms with Crippen LogP contribution in [0.2, 0.25) is 0 Å². The smallest absolute Gasteiger partial charge is 0.221 e. The molecule has 1 aromatic rings. The predicted molar refractivity (Wildman–Crippen MR) is 97.8 cm³/mol. The third kappa shape index (κ3) is 4.30. The highest BCUT2D eigenvalue weighted by Crippen LogP contribution is 2.24. The normalized spacial score (nSPS) is 22.8. The zero-order valence-corrected chi connectivity index (χ0v) is 16.0. The molecule has 25 heavy (non-hydrogen) atoms. The number of aromatic nitrogens is 1. The second-order valence-corrected chi connectivity index (χ2v) is 7.34. The Hall–Kier alpha value is -1.66. The predicted octanol–water partition coefficient (Wildman–Crippen LogP) is 2.08. The first kappa shape index (κ1) is 19.7. The molecule has 1 aliphatic rings. The molecule has 0 radical (unpaired) electrons. The Labute approximate surface area is 150 Å². The number of nitrogens with two attached hydrogens (primary N) is 1. The monoisotopic (exact) mass is 349 g/mol. The van der Waals surface area contributed by atoms with E-state index >= 15 is 0 Å². The number of piperidine rings is 1. The fourth-order valence-electron chi connectivity index (χ4n) is 3.95. The minimum absolute atomic E-state index is 0.0981. The molecule has 1 saturated heterocycles. The van der Waals surface area contributed by atoms with E-state index in [1.54, 1.807) is 7.11 Å². The van der Waals surface area contributed by atoms with Crippen LogP contribution in [0.5, 0.6) is 0 Å². The third-order valence-electron chi connectivity index (χ3n) is 5.39. The minimum Gasteiger partial charge on any atom is -0.383 e. The van der Waals surface area contributed by atoms with E-state index in [1.165, 1.54) is 0 Å². The number of carbonyl (C=O) groups excluding carboxylic acids is 2. The summed E-state index contributed by atoms with van der Waals surface area (Å²) in [6, 6.07) is 2.43. The summed E-state index contributed by atoms with van der Waals surface area (Å²) < 4.78 is 7.41. The molecule has 6 nitrogen and oxygen atoms in total. The van der Waals surface area contributed by atoms with Crippen molar-refractivity contribution in [3.05, 3.63) is 23.0 Å². The fraction of sp³-hybridized carbons (Fsp3) is 0.684. The summed E-state index contributed by atoms with van der Waals surface area (Å²) >= 11 is 0. The molecule has 0 aliphatic carbocycles. The summed E-state index contributed by atoms with van der Waals surface area (Å²) in [6.45, 7) is 9.69. The van der Waals surface area contributed by atoms with Crippen molar-refractivity contribution >= 4 is 11.7 Å². The first-order chi connectivity index (χ1) is 11.8. The highest BCUT2D eigenvalue weighted by atomic mass is 16.5. The molecule has 0 aromatic carbocycles. The number of rotatable bonds is 7. The van der Waals surface area contributed by atoms with Gasteiger partial charge in [-0.25, -0.2) is 0 Å². The second-order valence-electron chi connectivity index (χ2n) is 7.34. The molecule has 1 aliphatic heterocycles. The Bertz CT molecular complexity index is 638. The van der Waals surface area contributed by atoms with Gasteiger partial charge in [0.25, 0.3) is 0 Å². The van der Waals surface area contributed by atoms with Crippen LogP contribution >= 0.6 is 0 Å². The number of aryl methyl sites for hydroxylation is 1. The van der Waals surface area contributed by atoms with Crippen molar-refractivity contribution in [3.8, 4) is 0 Å². The lowest BCUT2D eigenvalue weighted by molar-refractivity contribution is -0.123. The van der Waals surface area contributed by atoms with Gasteiger partial charge in [0.2, 0.25) is 5.91 Å². The summed E-state index contributed by atoms with van der Waals surface area (Å²) in [4.78, 5) is 26.5. The number of hydrogen-bond acceptors (Lipinski definition) is 4. The molecule has 0 bridgehead atoms. The Morgan fingerprint density at radius 2 is 2.04 bits per heavy atom. The van der Waals surface area contributed by atoms with Crippen molar-refractivity contribution in [1.82, 2.24) is 9.47 Å². The van der Waals surface area contributed by atoms with E-state index in [2.05, 4.69) is 23.3 Å². The lowest BCUT2D eigenvalue weighted by Gasteiger charge is -2.36. The van der Waals surface area contributed by atoms with E-state index in [0.717, 1.165) is 29.8 Å². The van der Waals surface area contributed by atoms with E-state index in [9.17, 15) is 9.59 Å². The van der Waals surface area contributed by atoms with Gasteiger partial charge in [0.15, 0.2) is 5.78 Å². The zero-order valence-electron chi connectivity index (χ0n) is 16.0. The molecule has 2 rings (SSSR count). The molecule has 0 spiro atoms. The van der Waals surface area contributed by atoms with Crippen LogP contribution in [0, 0.1) is 19.8 Å². The van der Waals surface area contributed by atoms with Gasteiger partial charge in [-0.1, -0.05) is 0 Å². The molecule has 140 valence electrons. The van der Waals surface area contributed by atoms with E-state index in [-0.39, 0.29) is 29.7 Å². The van der Waals surface area contributed by atoms with E-state index < -0.39 is 0 Å². The molecule has 0 saturated carbocycles. The zero-order chi connectivity index (χ0) is 18.7. The van der Waals surface area contributed by atoms with Gasteiger partial charge in [-0.2, -0.15) is 0 Å². The summed E-state index contributed by atoms with van der Waals surface area (Å²) in [6.07, 6.45) is 1.70. The number of primary amides is 1. The van der Waals surface area contributed by atoms with Crippen molar-refractivity contribution in [2.45, 2.75) is 52.6 Å². The minimum atomic E-state index is -0.268. The van der Waals surface area contributed by atoms with Crippen molar-refractivity contribution in [2.24, 2.45) is 11.7 Å². The third-order valence-corrected chi connectivity index (χ3v) is 5.39. The number of nitrogens with zero attached hydrogens (tertiary/aromatic N) is 2. The van der Waals surface area contributed by atoms with Crippen LogP contribution in [0.25, 0.3) is 0 Å². The molecular weight excluding hydrogens is 318 g/mol. The molecule has 1 amide bonds. The number of ether oxygens (including phenoxy) is 1. The molecule has 2 heterocycles. The maximum atomic E-state index is 12.9. The molecule has 6 heteroatoms. The van der Waals surface area contributed by atoms with Gasteiger partial charge < -0.3 is 15.0 Å². The molecular formula is C19H31N3O3.